The van der Waals surface area contributed by atoms with Crippen LogP contribution in [-0.4, -0.2) is 55.6 Å². The predicted molar refractivity (Wildman–Crippen MR) is 67.8 cm³/mol. The number of ether oxygens (including phenoxy) is 1. The average Bonchev–Trinajstić information content (AvgIpc) is 2.38. The van der Waals surface area contributed by atoms with Crippen molar-refractivity contribution in [2.75, 3.05) is 32.8 Å². The Labute approximate surface area is 108 Å². The van der Waals surface area contributed by atoms with Gasteiger partial charge in [0.25, 0.3) is 0 Å². The van der Waals surface area contributed by atoms with E-state index in [1.165, 1.54) is 0 Å². The Morgan fingerprint density at radius 3 is 2.50 bits per heavy atom. The molecule has 1 heterocycles. The van der Waals surface area contributed by atoms with Crippen LogP contribution in [0.15, 0.2) is 0 Å². The van der Waals surface area contributed by atoms with E-state index in [9.17, 15) is 9.59 Å². The Bertz CT molecular complexity index is 288. The largest absolute Gasteiger partial charge is 0.378 e. The first-order valence-electron chi connectivity index (χ1n) is 6.41. The highest BCUT2D eigenvalue weighted by molar-refractivity contribution is 5.82. The van der Waals surface area contributed by atoms with E-state index in [1.54, 1.807) is 4.90 Å². The van der Waals surface area contributed by atoms with E-state index in [1.807, 2.05) is 13.8 Å². The fourth-order valence-electron chi connectivity index (χ4n) is 1.68. The van der Waals surface area contributed by atoms with Gasteiger partial charge < -0.3 is 20.7 Å². The van der Waals surface area contributed by atoms with Gasteiger partial charge in [-0.3, -0.25) is 9.59 Å². The van der Waals surface area contributed by atoms with Gasteiger partial charge in [0.05, 0.1) is 19.3 Å². The minimum Gasteiger partial charge on any atom is -0.378 e. The van der Waals surface area contributed by atoms with E-state index in [0.29, 0.717) is 39.3 Å². The van der Waals surface area contributed by atoms with Crippen molar-refractivity contribution in [3.8, 4) is 0 Å². The number of hydrogen-bond donors (Lipinski definition) is 2. The maximum absolute atomic E-state index is 11.8. The molecule has 18 heavy (non-hydrogen) atoms. The van der Waals surface area contributed by atoms with Gasteiger partial charge in [-0.05, 0) is 5.92 Å². The zero-order chi connectivity index (χ0) is 13.5. The molecular formula is C12H23N3O3. The summed E-state index contributed by atoms with van der Waals surface area (Å²) in [6, 6.07) is -0.511. The molecule has 0 aromatic carbocycles. The molecule has 1 aliphatic rings. The smallest absolute Gasteiger partial charge is 0.237 e. The third-order valence-electron chi connectivity index (χ3n) is 3.02. The van der Waals surface area contributed by atoms with Crippen LogP contribution >= 0.6 is 0 Å². The third kappa shape index (κ3) is 4.62. The van der Waals surface area contributed by atoms with Gasteiger partial charge in [0, 0.05) is 26.1 Å². The Morgan fingerprint density at radius 1 is 1.33 bits per heavy atom. The van der Waals surface area contributed by atoms with Crippen LogP contribution in [0.25, 0.3) is 0 Å². The lowest BCUT2D eigenvalue weighted by molar-refractivity contribution is -0.135. The molecule has 104 valence electrons. The lowest BCUT2D eigenvalue weighted by Gasteiger charge is -2.27. The van der Waals surface area contributed by atoms with Crippen molar-refractivity contribution < 1.29 is 14.3 Å². The van der Waals surface area contributed by atoms with E-state index in [0.717, 1.165) is 0 Å². The first-order chi connectivity index (χ1) is 8.52. The molecule has 0 spiro atoms. The van der Waals surface area contributed by atoms with Crippen LogP contribution in [0.3, 0.4) is 0 Å². The van der Waals surface area contributed by atoms with Crippen molar-refractivity contribution >= 4 is 11.8 Å². The fraction of sp³-hybridized carbons (Fsp3) is 0.833. The second-order valence-electron chi connectivity index (χ2n) is 4.80. The van der Waals surface area contributed by atoms with E-state index in [2.05, 4.69) is 5.32 Å². The number of carbonyl (C=O) groups is 2. The van der Waals surface area contributed by atoms with Crippen LogP contribution in [0, 0.1) is 5.92 Å². The van der Waals surface area contributed by atoms with Gasteiger partial charge in [0.2, 0.25) is 11.8 Å². The van der Waals surface area contributed by atoms with E-state index in [-0.39, 0.29) is 17.7 Å². The lowest BCUT2D eigenvalue weighted by Crippen LogP contribution is -2.46. The highest BCUT2D eigenvalue weighted by atomic mass is 16.5. The summed E-state index contributed by atoms with van der Waals surface area (Å²) < 4.78 is 5.17. The molecule has 6 heteroatoms. The fourth-order valence-corrected chi connectivity index (χ4v) is 1.68. The Hall–Kier alpha value is -1.14. The van der Waals surface area contributed by atoms with Gasteiger partial charge in [-0.15, -0.1) is 0 Å². The van der Waals surface area contributed by atoms with Gasteiger partial charge in [0.1, 0.15) is 0 Å². The molecule has 0 bridgehead atoms. The van der Waals surface area contributed by atoms with Crippen LogP contribution in [0.1, 0.15) is 20.3 Å². The van der Waals surface area contributed by atoms with Crippen molar-refractivity contribution in [3.63, 3.8) is 0 Å². The first-order valence-corrected chi connectivity index (χ1v) is 6.41. The molecule has 1 saturated heterocycles. The Morgan fingerprint density at radius 2 is 1.94 bits per heavy atom. The lowest BCUT2D eigenvalue weighted by atomic mass is 10.1. The minimum absolute atomic E-state index is 0.0525. The van der Waals surface area contributed by atoms with Gasteiger partial charge >= 0.3 is 0 Å². The highest BCUT2D eigenvalue weighted by Gasteiger charge is 2.19. The summed E-state index contributed by atoms with van der Waals surface area (Å²) in [6.07, 6.45) is 0.316. The zero-order valence-corrected chi connectivity index (χ0v) is 11.1. The normalized spacial score (nSPS) is 17.7. The number of rotatable bonds is 5. The number of nitrogens with one attached hydrogen (secondary N) is 1. The second-order valence-corrected chi connectivity index (χ2v) is 4.80. The van der Waals surface area contributed by atoms with Crippen molar-refractivity contribution in [2.45, 2.75) is 26.3 Å². The van der Waals surface area contributed by atoms with Crippen LogP contribution in [0.5, 0.6) is 0 Å². The molecule has 0 aromatic rings. The van der Waals surface area contributed by atoms with Crippen molar-refractivity contribution in [2.24, 2.45) is 11.7 Å². The topological polar surface area (TPSA) is 84.7 Å². The molecule has 1 atom stereocenters. The highest BCUT2D eigenvalue weighted by Crippen LogP contribution is 2.00. The van der Waals surface area contributed by atoms with Gasteiger partial charge in [-0.25, -0.2) is 0 Å². The van der Waals surface area contributed by atoms with Crippen LogP contribution in [0.2, 0.25) is 0 Å². The van der Waals surface area contributed by atoms with E-state index >= 15 is 0 Å². The van der Waals surface area contributed by atoms with Gasteiger partial charge in [-0.1, -0.05) is 13.8 Å². The first kappa shape index (κ1) is 14.9. The predicted octanol–water partition coefficient (Wildman–Crippen LogP) is -0.665. The van der Waals surface area contributed by atoms with Crippen LogP contribution in [0.4, 0.5) is 0 Å². The van der Waals surface area contributed by atoms with Crippen molar-refractivity contribution in [1.29, 1.82) is 0 Å². The third-order valence-corrected chi connectivity index (χ3v) is 3.02. The van der Waals surface area contributed by atoms with Gasteiger partial charge in [0.15, 0.2) is 0 Å². The number of carbonyl (C=O) groups excluding carboxylic acids is 2. The molecule has 0 radical (unpaired) electrons. The summed E-state index contributed by atoms with van der Waals surface area (Å²) in [5, 5.41) is 2.69. The Balaban J connectivity index is 2.20. The van der Waals surface area contributed by atoms with E-state index < -0.39 is 6.04 Å². The van der Waals surface area contributed by atoms with Gasteiger partial charge in [-0.2, -0.15) is 0 Å². The number of amides is 2. The SMILES string of the molecule is CC(C)C(N)C(=O)NCCC(=O)N1CCOCC1. The molecule has 1 aliphatic heterocycles. The van der Waals surface area contributed by atoms with Crippen molar-refractivity contribution in [1.82, 2.24) is 10.2 Å². The Kier molecular flexibility index (Phi) is 6.07. The maximum atomic E-state index is 11.8. The number of nitrogens with zero attached hydrogens (tertiary/aromatic N) is 1. The minimum atomic E-state index is -0.511. The zero-order valence-electron chi connectivity index (χ0n) is 11.1. The second kappa shape index (κ2) is 7.33. The summed E-state index contributed by atoms with van der Waals surface area (Å²) in [4.78, 5) is 25.1. The summed E-state index contributed by atoms with van der Waals surface area (Å²) in [5.74, 6) is -0.0450. The standard InChI is InChI=1S/C12H23N3O3/c1-9(2)11(13)12(17)14-4-3-10(16)15-5-7-18-8-6-15/h9,11H,3-8,13H2,1-2H3,(H,14,17). The molecule has 0 aliphatic carbocycles. The summed E-state index contributed by atoms with van der Waals surface area (Å²) in [5.41, 5.74) is 5.70. The summed E-state index contributed by atoms with van der Waals surface area (Å²) in [6.45, 7) is 6.59. The monoisotopic (exact) mass is 257 g/mol. The molecule has 1 fully saturated rings. The van der Waals surface area contributed by atoms with Crippen LogP contribution < -0.4 is 11.1 Å². The summed E-state index contributed by atoms with van der Waals surface area (Å²) >= 11 is 0. The molecule has 2 amide bonds. The number of hydrogen-bond acceptors (Lipinski definition) is 4. The molecule has 1 unspecified atom stereocenters. The average molecular weight is 257 g/mol. The molecular weight excluding hydrogens is 234 g/mol. The van der Waals surface area contributed by atoms with Crippen LogP contribution in [-0.2, 0) is 14.3 Å². The molecule has 6 nitrogen and oxygen atoms in total. The molecule has 0 saturated carbocycles. The molecule has 0 aromatic heterocycles. The summed E-state index contributed by atoms with van der Waals surface area (Å²) in [7, 11) is 0. The number of morpholine rings is 1. The quantitative estimate of drug-likeness (QED) is 0.684. The number of nitrogens with two attached hydrogens (primary N) is 1. The van der Waals surface area contributed by atoms with Crippen molar-refractivity contribution in [3.05, 3.63) is 0 Å². The molecule has 1 rings (SSSR count). The van der Waals surface area contributed by atoms with E-state index in [4.69, 9.17) is 10.5 Å². The molecule has 3 N–H and O–H groups in total. The maximum Gasteiger partial charge on any atom is 0.237 e.